The lowest BCUT2D eigenvalue weighted by Gasteiger charge is -2.21. The van der Waals surface area contributed by atoms with Gasteiger partial charge < -0.3 is 4.72 Å². The topological polar surface area (TPSA) is 41.1 Å². The fourth-order valence-electron chi connectivity index (χ4n) is 2.12. The van der Waals surface area contributed by atoms with Crippen molar-refractivity contribution in [2.45, 2.75) is 6.42 Å². The summed E-state index contributed by atoms with van der Waals surface area (Å²) in [6, 6.07) is 14.0. The molecule has 2 aromatic rings. The van der Waals surface area contributed by atoms with Gasteiger partial charge in [0.05, 0.1) is 23.4 Å². The zero-order chi connectivity index (χ0) is 13.2. The summed E-state index contributed by atoms with van der Waals surface area (Å²) in [7, 11) is 0. The van der Waals surface area contributed by atoms with Crippen molar-refractivity contribution in [2.75, 3.05) is 4.72 Å². The van der Waals surface area contributed by atoms with Crippen molar-refractivity contribution in [3.05, 3.63) is 63.6 Å². The average Bonchev–Trinajstić information content (AvgIpc) is 2.43. The highest BCUT2D eigenvalue weighted by molar-refractivity contribution is 9.10. The maximum absolute atomic E-state index is 12.1. The molecule has 0 spiro atoms. The van der Waals surface area contributed by atoms with Crippen LogP contribution in [0.15, 0.2) is 46.9 Å². The summed E-state index contributed by atoms with van der Waals surface area (Å²) >= 11 is 4.75. The molecule has 0 unspecified atom stereocenters. The van der Waals surface area contributed by atoms with Gasteiger partial charge in [-0.25, -0.2) is 0 Å². The third kappa shape index (κ3) is 2.48. The van der Waals surface area contributed by atoms with E-state index in [1.165, 1.54) is 17.7 Å². The van der Waals surface area contributed by atoms with Crippen LogP contribution in [0.25, 0.3) is 0 Å². The minimum atomic E-state index is -0.0500. The Morgan fingerprint density at radius 1 is 1.05 bits per heavy atom. The van der Waals surface area contributed by atoms with Gasteiger partial charge in [-0.05, 0) is 29.7 Å². The molecular weight excluding hydrogens is 324 g/mol. The molecule has 3 rings (SSSR count). The van der Waals surface area contributed by atoms with E-state index < -0.39 is 0 Å². The zero-order valence-electron chi connectivity index (χ0n) is 9.94. The standard InChI is InChI=1S/C14H11BrN2OS/c15-11-6-7-12-13(14(18)17-19-16-12)10(11)8-9-4-2-1-3-5-9/h1-7,16H,8H2,(H,17,18). The number of anilines is 1. The van der Waals surface area contributed by atoms with Crippen molar-refractivity contribution < 1.29 is 4.79 Å². The summed E-state index contributed by atoms with van der Waals surface area (Å²) in [5.74, 6) is -0.0500. The number of hydrogen-bond acceptors (Lipinski definition) is 3. The van der Waals surface area contributed by atoms with E-state index in [1.807, 2.05) is 30.3 Å². The molecule has 0 bridgehead atoms. The Morgan fingerprint density at radius 2 is 1.84 bits per heavy atom. The Morgan fingerprint density at radius 3 is 2.63 bits per heavy atom. The molecule has 1 amide bonds. The van der Waals surface area contributed by atoms with Gasteiger partial charge in [0.25, 0.3) is 5.91 Å². The van der Waals surface area contributed by atoms with Gasteiger partial charge in [-0.3, -0.25) is 9.52 Å². The van der Waals surface area contributed by atoms with E-state index in [0.29, 0.717) is 0 Å². The predicted octanol–water partition coefficient (Wildman–Crippen LogP) is 3.76. The van der Waals surface area contributed by atoms with Crippen molar-refractivity contribution in [1.29, 1.82) is 0 Å². The smallest absolute Gasteiger partial charge is 0.264 e. The first-order valence-corrected chi connectivity index (χ1v) is 7.44. The molecule has 0 atom stereocenters. The van der Waals surface area contributed by atoms with E-state index in [2.05, 4.69) is 37.5 Å². The van der Waals surface area contributed by atoms with Gasteiger partial charge in [0.2, 0.25) is 0 Å². The summed E-state index contributed by atoms with van der Waals surface area (Å²) in [6.07, 6.45) is 0.727. The molecule has 5 heteroatoms. The van der Waals surface area contributed by atoms with Gasteiger partial charge in [-0.2, -0.15) is 0 Å². The molecule has 96 valence electrons. The maximum Gasteiger partial charge on any atom is 0.264 e. The van der Waals surface area contributed by atoms with Crippen molar-refractivity contribution in [3.63, 3.8) is 0 Å². The summed E-state index contributed by atoms with van der Waals surface area (Å²) < 4.78 is 6.81. The molecule has 1 heterocycles. The second-order valence-electron chi connectivity index (χ2n) is 4.25. The van der Waals surface area contributed by atoms with Gasteiger partial charge in [-0.1, -0.05) is 46.3 Å². The Hall–Kier alpha value is -1.46. The molecule has 19 heavy (non-hydrogen) atoms. The average molecular weight is 335 g/mol. The number of fused-ring (bicyclic) bond motifs is 1. The molecule has 0 saturated heterocycles. The van der Waals surface area contributed by atoms with Crippen LogP contribution in [0.5, 0.6) is 0 Å². The lowest BCUT2D eigenvalue weighted by Crippen LogP contribution is -2.25. The summed E-state index contributed by atoms with van der Waals surface area (Å²) in [5.41, 5.74) is 3.77. The fourth-order valence-corrected chi connectivity index (χ4v) is 3.11. The molecule has 0 aliphatic carbocycles. The van der Waals surface area contributed by atoms with Crippen molar-refractivity contribution in [1.82, 2.24) is 4.72 Å². The van der Waals surface area contributed by atoms with Gasteiger partial charge in [0.1, 0.15) is 0 Å². The molecule has 0 fully saturated rings. The molecule has 0 saturated carbocycles. The molecule has 1 aliphatic rings. The van der Waals surface area contributed by atoms with E-state index in [9.17, 15) is 4.79 Å². The number of amides is 1. The lowest BCUT2D eigenvalue weighted by molar-refractivity contribution is 0.0983. The van der Waals surface area contributed by atoms with Crippen LogP contribution in [-0.4, -0.2) is 5.91 Å². The van der Waals surface area contributed by atoms with Crippen LogP contribution < -0.4 is 9.44 Å². The molecule has 1 aliphatic heterocycles. The highest BCUT2D eigenvalue weighted by Gasteiger charge is 2.22. The van der Waals surface area contributed by atoms with E-state index in [-0.39, 0.29) is 5.91 Å². The van der Waals surface area contributed by atoms with E-state index in [0.717, 1.165) is 27.7 Å². The van der Waals surface area contributed by atoms with E-state index in [4.69, 9.17) is 0 Å². The number of halogens is 1. The normalized spacial score (nSPS) is 13.4. The number of benzene rings is 2. The Balaban J connectivity index is 2.07. The number of carbonyl (C=O) groups is 1. The second-order valence-corrected chi connectivity index (χ2v) is 5.71. The maximum atomic E-state index is 12.1. The molecule has 0 aromatic heterocycles. The van der Waals surface area contributed by atoms with Crippen molar-refractivity contribution >= 4 is 39.7 Å². The van der Waals surface area contributed by atoms with Gasteiger partial charge in [0, 0.05) is 4.47 Å². The number of nitrogens with one attached hydrogen (secondary N) is 2. The third-order valence-electron chi connectivity index (χ3n) is 3.01. The Labute approximate surface area is 124 Å². The lowest BCUT2D eigenvalue weighted by atomic mass is 9.98. The quantitative estimate of drug-likeness (QED) is 0.821. The Kier molecular flexibility index (Phi) is 3.48. The van der Waals surface area contributed by atoms with Crippen LogP contribution in [0, 0.1) is 0 Å². The van der Waals surface area contributed by atoms with Crippen LogP contribution in [0.4, 0.5) is 5.69 Å². The number of rotatable bonds is 2. The van der Waals surface area contributed by atoms with Gasteiger partial charge in [-0.15, -0.1) is 0 Å². The SMILES string of the molecule is O=C1NSNc2ccc(Br)c(Cc3ccccc3)c21. The largest absolute Gasteiger partial charge is 0.311 e. The number of hydrogen-bond donors (Lipinski definition) is 2. The summed E-state index contributed by atoms with van der Waals surface area (Å²) in [5, 5.41) is 0. The van der Waals surface area contributed by atoms with Gasteiger partial charge >= 0.3 is 0 Å². The van der Waals surface area contributed by atoms with Crippen LogP contribution in [0.2, 0.25) is 0 Å². The monoisotopic (exact) mass is 334 g/mol. The molecule has 2 N–H and O–H groups in total. The molecular formula is C14H11BrN2OS. The minimum Gasteiger partial charge on any atom is -0.311 e. The zero-order valence-corrected chi connectivity index (χ0v) is 12.3. The van der Waals surface area contributed by atoms with Crippen LogP contribution in [-0.2, 0) is 6.42 Å². The van der Waals surface area contributed by atoms with E-state index in [1.54, 1.807) is 0 Å². The molecule has 0 radical (unpaired) electrons. The van der Waals surface area contributed by atoms with Crippen molar-refractivity contribution in [3.8, 4) is 0 Å². The summed E-state index contributed by atoms with van der Waals surface area (Å²) in [6.45, 7) is 0. The van der Waals surface area contributed by atoms with Gasteiger partial charge in [0.15, 0.2) is 0 Å². The minimum absolute atomic E-state index is 0.0500. The van der Waals surface area contributed by atoms with Crippen LogP contribution >= 0.6 is 28.1 Å². The molecule has 2 aromatic carbocycles. The fraction of sp³-hybridized carbons (Fsp3) is 0.0714. The predicted molar refractivity (Wildman–Crippen MR) is 82.1 cm³/mol. The summed E-state index contributed by atoms with van der Waals surface area (Å²) in [4.78, 5) is 12.1. The highest BCUT2D eigenvalue weighted by atomic mass is 79.9. The number of carbonyl (C=O) groups excluding carboxylic acids is 1. The first-order valence-electron chi connectivity index (χ1n) is 5.83. The van der Waals surface area contributed by atoms with E-state index >= 15 is 0 Å². The van der Waals surface area contributed by atoms with Crippen molar-refractivity contribution in [2.24, 2.45) is 0 Å². The first-order chi connectivity index (χ1) is 9.25. The molecule has 3 nitrogen and oxygen atoms in total. The second kappa shape index (κ2) is 5.27. The third-order valence-corrected chi connectivity index (χ3v) is 4.36. The van der Waals surface area contributed by atoms with Crippen LogP contribution in [0.3, 0.4) is 0 Å². The highest BCUT2D eigenvalue weighted by Crippen LogP contribution is 2.33. The Bertz CT molecular complexity index is 631. The first kappa shape index (κ1) is 12.6. The van der Waals surface area contributed by atoms with Crippen LogP contribution in [0.1, 0.15) is 21.5 Å².